The van der Waals surface area contributed by atoms with Gasteiger partial charge < -0.3 is 15.8 Å². The maximum Gasteiger partial charge on any atom is 0.0812 e. The van der Waals surface area contributed by atoms with Crippen LogP contribution in [0.4, 0.5) is 11.4 Å². The quantitative estimate of drug-likeness (QED) is 0.827. The smallest absolute Gasteiger partial charge is 0.0812 e. The van der Waals surface area contributed by atoms with Crippen LogP contribution in [0.1, 0.15) is 6.92 Å². The van der Waals surface area contributed by atoms with Crippen molar-refractivity contribution in [3.63, 3.8) is 0 Å². The van der Waals surface area contributed by atoms with Crippen LogP contribution in [0.5, 0.6) is 0 Å². The van der Waals surface area contributed by atoms with Gasteiger partial charge in [0.25, 0.3) is 0 Å². The van der Waals surface area contributed by atoms with E-state index in [9.17, 15) is 0 Å². The molecular formula is C15H17N3O. The third-order valence-electron chi connectivity index (χ3n) is 3.29. The summed E-state index contributed by atoms with van der Waals surface area (Å²) in [7, 11) is 0. The summed E-state index contributed by atoms with van der Waals surface area (Å²) < 4.78 is 5.25. The number of benzene rings is 1. The minimum Gasteiger partial charge on any atom is -0.397 e. The second-order valence-electron chi connectivity index (χ2n) is 5.20. The molecule has 2 heterocycles. The number of anilines is 2. The number of nitrogens with one attached hydrogen (secondary N) is 1. The molecule has 0 radical (unpaired) electrons. The number of nitrogens with two attached hydrogens (primary N) is 1. The normalized spacial score (nSPS) is 16.7. The monoisotopic (exact) mass is 255 g/mol. The van der Waals surface area contributed by atoms with E-state index >= 15 is 0 Å². The maximum atomic E-state index is 6.03. The van der Waals surface area contributed by atoms with E-state index in [0.29, 0.717) is 13.2 Å². The molecule has 1 aromatic heterocycles. The zero-order valence-electron chi connectivity index (χ0n) is 10.9. The fraction of sp³-hybridized carbons (Fsp3) is 0.267. The first kappa shape index (κ1) is 12.0. The topological polar surface area (TPSA) is 60.2 Å². The predicted molar refractivity (Wildman–Crippen MR) is 76.9 cm³/mol. The summed E-state index contributed by atoms with van der Waals surface area (Å²) in [5.41, 5.74) is 9.70. The highest BCUT2D eigenvalue weighted by Crippen LogP contribution is 2.30. The highest BCUT2D eigenvalue weighted by molar-refractivity contribution is 5.75. The molecule has 3 rings (SSSR count). The number of hydrogen-bond acceptors (Lipinski definition) is 4. The summed E-state index contributed by atoms with van der Waals surface area (Å²) in [5, 5.41) is 3.46. The minimum absolute atomic E-state index is 0.0170. The van der Waals surface area contributed by atoms with Crippen LogP contribution in [0.3, 0.4) is 0 Å². The minimum atomic E-state index is -0.0170. The third-order valence-corrected chi connectivity index (χ3v) is 3.29. The molecule has 0 amide bonds. The Hall–Kier alpha value is -2.07. The van der Waals surface area contributed by atoms with Gasteiger partial charge in [0.1, 0.15) is 0 Å². The van der Waals surface area contributed by atoms with Gasteiger partial charge in [0, 0.05) is 11.8 Å². The lowest BCUT2D eigenvalue weighted by Crippen LogP contribution is -2.53. The summed E-state index contributed by atoms with van der Waals surface area (Å²) in [6.07, 6.45) is 1.79. The largest absolute Gasteiger partial charge is 0.397 e. The van der Waals surface area contributed by atoms with E-state index in [1.165, 1.54) is 0 Å². The van der Waals surface area contributed by atoms with Gasteiger partial charge in [0.15, 0.2) is 0 Å². The summed E-state index contributed by atoms with van der Waals surface area (Å²) in [5.74, 6) is 0. The molecule has 1 saturated heterocycles. The number of nitrogen functional groups attached to an aromatic ring is 1. The first-order valence-electron chi connectivity index (χ1n) is 6.33. The van der Waals surface area contributed by atoms with Crippen LogP contribution in [0.2, 0.25) is 0 Å². The first-order chi connectivity index (χ1) is 9.16. The Balaban J connectivity index is 1.92. The van der Waals surface area contributed by atoms with Crippen LogP contribution in [0, 0.1) is 0 Å². The van der Waals surface area contributed by atoms with Crippen molar-refractivity contribution in [3.05, 3.63) is 42.6 Å². The fourth-order valence-electron chi connectivity index (χ4n) is 2.16. The van der Waals surface area contributed by atoms with Crippen molar-refractivity contribution in [1.82, 2.24) is 4.98 Å². The van der Waals surface area contributed by atoms with Crippen molar-refractivity contribution in [3.8, 4) is 11.3 Å². The van der Waals surface area contributed by atoms with Crippen LogP contribution in [-0.2, 0) is 4.74 Å². The van der Waals surface area contributed by atoms with Gasteiger partial charge in [-0.05, 0) is 31.2 Å². The van der Waals surface area contributed by atoms with E-state index in [2.05, 4.69) is 17.2 Å². The fourth-order valence-corrected chi connectivity index (χ4v) is 2.16. The molecule has 0 atom stereocenters. The Morgan fingerprint density at radius 2 is 2.11 bits per heavy atom. The Labute approximate surface area is 112 Å². The van der Waals surface area contributed by atoms with Crippen molar-refractivity contribution in [2.75, 3.05) is 24.3 Å². The molecule has 19 heavy (non-hydrogen) atoms. The number of hydrogen-bond donors (Lipinski definition) is 2. The van der Waals surface area contributed by atoms with Crippen LogP contribution < -0.4 is 11.1 Å². The molecule has 1 aromatic carbocycles. The van der Waals surface area contributed by atoms with Crippen LogP contribution in [-0.4, -0.2) is 23.7 Å². The van der Waals surface area contributed by atoms with Crippen molar-refractivity contribution in [2.24, 2.45) is 0 Å². The molecule has 0 bridgehead atoms. The Morgan fingerprint density at radius 1 is 1.26 bits per heavy atom. The molecule has 3 N–H and O–H groups in total. The molecule has 0 unspecified atom stereocenters. The highest BCUT2D eigenvalue weighted by Gasteiger charge is 2.33. The van der Waals surface area contributed by atoms with E-state index in [1.807, 2.05) is 36.4 Å². The van der Waals surface area contributed by atoms with Crippen molar-refractivity contribution < 1.29 is 4.74 Å². The molecule has 1 aliphatic rings. The molecule has 0 aliphatic carbocycles. The van der Waals surface area contributed by atoms with E-state index in [1.54, 1.807) is 6.20 Å². The van der Waals surface area contributed by atoms with E-state index in [-0.39, 0.29) is 5.54 Å². The number of nitrogens with zero attached hydrogens (tertiary/aromatic N) is 1. The predicted octanol–water partition coefficient (Wildman–Crippen LogP) is 2.53. The second kappa shape index (κ2) is 4.55. The van der Waals surface area contributed by atoms with Gasteiger partial charge in [-0.25, -0.2) is 0 Å². The number of ether oxygens (including phenoxy) is 1. The lowest BCUT2D eigenvalue weighted by atomic mass is 9.99. The Kier molecular flexibility index (Phi) is 2.87. The Bertz CT molecular complexity index is 579. The van der Waals surface area contributed by atoms with Crippen LogP contribution in [0.25, 0.3) is 11.3 Å². The molecule has 4 heteroatoms. The highest BCUT2D eigenvalue weighted by atomic mass is 16.5. The lowest BCUT2D eigenvalue weighted by Gasteiger charge is -2.40. The standard InChI is InChI=1S/C15H17N3O/c1-15(9-19-10-15)18-14-8-11(5-6-12(14)16)13-4-2-3-7-17-13/h2-8,18H,9-10,16H2,1H3. The van der Waals surface area contributed by atoms with E-state index in [4.69, 9.17) is 10.5 Å². The van der Waals surface area contributed by atoms with Crippen LogP contribution in [0.15, 0.2) is 42.6 Å². The molecule has 1 aliphatic heterocycles. The van der Waals surface area contributed by atoms with Crippen molar-refractivity contribution in [2.45, 2.75) is 12.5 Å². The first-order valence-corrected chi connectivity index (χ1v) is 6.33. The summed E-state index contributed by atoms with van der Waals surface area (Å²) >= 11 is 0. The molecule has 1 fully saturated rings. The third kappa shape index (κ3) is 2.39. The average Bonchev–Trinajstić information content (AvgIpc) is 2.40. The van der Waals surface area contributed by atoms with Gasteiger partial charge in [0.2, 0.25) is 0 Å². The second-order valence-corrected chi connectivity index (χ2v) is 5.20. The van der Waals surface area contributed by atoms with Gasteiger partial charge in [0.05, 0.1) is 35.8 Å². The van der Waals surface area contributed by atoms with Crippen molar-refractivity contribution >= 4 is 11.4 Å². The number of pyridine rings is 1. The molecule has 4 nitrogen and oxygen atoms in total. The van der Waals surface area contributed by atoms with E-state index < -0.39 is 0 Å². The van der Waals surface area contributed by atoms with Gasteiger partial charge in [-0.15, -0.1) is 0 Å². The summed E-state index contributed by atoms with van der Waals surface area (Å²) in [6, 6.07) is 11.8. The summed E-state index contributed by atoms with van der Waals surface area (Å²) in [6.45, 7) is 3.55. The molecular weight excluding hydrogens is 238 g/mol. The Morgan fingerprint density at radius 3 is 2.74 bits per heavy atom. The molecule has 2 aromatic rings. The maximum absolute atomic E-state index is 6.03. The molecule has 98 valence electrons. The SMILES string of the molecule is CC1(Nc2cc(-c3ccccn3)ccc2N)COC1. The van der Waals surface area contributed by atoms with Crippen LogP contribution >= 0.6 is 0 Å². The zero-order chi connectivity index (χ0) is 13.3. The van der Waals surface area contributed by atoms with Gasteiger partial charge >= 0.3 is 0 Å². The van der Waals surface area contributed by atoms with E-state index in [0.717, 1.165) is 22.6 Å². The average molecular weight is 255 g/mol. The summed E-state index contributed by atoms with van der Waals surface area (Å²) in [4.78, 5) is 4.36. The number of rotatable bonds is 3. The van der Waals surface area contributed by atoms with Gasteiger partial charge in [-0.2, -0.15) is 0 Å². The van der Waals surface area contributed by atoms with Gasteiger partial charge in [-0.1, -0.05) is 12.1 Å². The number of aromatic nitrogens is 1. The van der Waals surface area contributed by atoms with Gasteiger partial charge in [-0.3, -0.25) is 4.98 Å². The molecule has 0 saturated carbocycles. The van der Waals surface area contributed by atoms with Crippen molar-refractivity contribution in [1.29, 1.82) is 0 Å². The molecule has 0 spiro atoms. The lowest BCUT2D eigenvalue weighted by molar-refractivity contribution is -0.0317. The zero-order valence-corrected chi connectivity index (χ0v) is 10.9.